The molecule has 0 aromatic carbocycles. The zero-order chi connectivity index (χ0) is 13.4. The van der Waals surface area contributed by atoms with Gasteiger partial charge in [-0.15, -0.1) is 0 Å². The van der Waals surface area contributed by atoms with Crippen LogP contribution >= 0.6 is 11.8 Å². The summed E-state index contributed by atoms with van der Waals surface area (Å²) < 4.78 is 5.02. The Bertz CT molecular complexity index is 363. The maximum atomic E-state index is 5.70. The summed E-state index contributed by atoms with van der Waals surface area (Å²) in [5.41, 5.74) is 5.70. The Hall–Kier alpha value is -1.05. The Morgan fingerprint density at radius 3 is 2.89 bits per heavy atom. The first-order valence-corrected chi connectivity index (χ1v) is 6.98. The number of rotatable bonds is 8. The number of hydrogen-bond donors (Lipinski definition) is 2. The number of nitrogens with one attached hydrogen (secondary N) is 1. The van der Waals surface area contributed by atoms with Crippen LogP contribution < -0.4 is 11.1 Å². The molecule has 0 aliphatic heterocycles. The van der Waals surface area contributed by atoms with Crippen molar-refractivity contribution in [3.63, 3.8) is 0 Å². The smallest absolute Gasteiger partial charge is 0.191 e. The predicted octanol–water partition coefficient (Wildman–Crippen LogP) is 0.771. The first-order valence-electron chi connectivity index (χ1n) is 5.75. The first kappa shape index (κ1) is 15.0. The molecule has 1 rings (SSSR count). The molecular weight excluding hydrogens is 250 g/mol. The molecule has 0 bridgehead atoms. The number of methoxy groups -OCH3 is 1. The first-order chi connectivity index (χ1) is 8.65. The number of ether oxygens (including phenoxy) is 1. The van der Waals surface area contributed by atoms with Crippen LogP contribution in [0.2, 0.25) is 0 Å². The Morgan fingerprint density at radius 1 is 1.44 bits per heavy atom. The van der Waals surface area contributed by atoms with Gasteiger partial charge in [0.1, 0.15) is 11.6 Å². The van der Waals surface area contributed by atoms with Crippen LogP contribution in [0.3, 0.4) is 0 Å². The molecule has 0 unspecified atom stereocenters. The summed E-state index contributed by atoms with van der Waals surface area (Å²) in [5, 5.41) is 3.93. The van der Waals surface area contributed by atoms with Gasteiger partial charge in [-0.1, -0.05) is 11.8 Å². The van der Waals surface area contributed by atoms with Gasteiger partial charge in [0.05, 0.1) is 6.61 Å². The highest BCUT2D eigenvalue weighted by Gasteiger charge is 2.02. The molecule has 18 heavy (non-hydrogen) atoms. The predicted molar refractivity (Wildman–Crippen MR) is 76.1 cm³/mol. The summed E-state index contributed by atoms with van der Waals surface area (Å²) in [6, 6.07) is 1.74. The van der Waals surface area contributed by atoms with Crippen LogP contribution in [-0.2, 0) is 4.74 Å². The van der Waals surface area contributed by atoms with Gasteiger partial charge in [-0.3, -0.25) is 0 Å². The summed E-state index contributed by atoms with van der Waals surface area (Å²) in [5.74, 6) is 1.26. The van der Waals surface area contributed by atoms with Crippen molar-refractivity contribution in [1.82, 2.24) is 14.9 Å². The molecule has 0 aliphatic rings. The molecule has 1 heterocycles. The molecule has 6 nitrogen and oxygen atoms in total. The molecule has 1 aromatic rings. The number of nitrogens with two attached hydrogens (primary N) is 1. The highest BCUT2D eigenvalue weighted by Crippen LogP contribution is 2.14. The van der Waals surface area contributed by atoms with E-state index in [0.717, 1.165) is 32.1 Å². The van der Waals surface area contributed by atoms with E-state index in [9.17, 15) is 0 Å². The Balaban J connectivity index is 2.36. The van der Waals surface area contributed by atoms with Gasteiger partial charge in [0.15, 0.2) is 5.16 Å². The van der Waals surface area contributed by atoms with Gasteiger partial charge in [0.2, 0.25) is 0 Å². The second-order valence-corrected chi connectivity index (χ2v) is 4.66. The SMILES string of the molecule is COCCN(C)CCNc1cc(N)nc(SC)n1. The zero-order valence-electron chi connectivity index (χ0n) is 11.1. The second kappa shape index (κ2) is 8.12. The third kappa shape index (κ3) is 5.52. The largest absolute Gasteiger partial charge is 0.383 e. The van der Waals surface area contributed by atoms with Gasteiger partial charge in [-0.25, -0.2) is 9.97 Å². The monoisotopic (exact) mass is 271 g/mol. The third-order valence-electron chi connectivity index (χ3n) is 2.38. The fourth-order valence-corrected chi connectivity index (χ4v) is 1.75. The fourth-order valence-electron chi connectivity index (χ4n) is 1.36. The summed E-state index contributed by atoms with van der Waals surface area (Å²) in [7, 11) is 3.77. The molecule has 7 heteroatoms. The van der Waals surface area contributed by atoms with Crippen molar-refractivity contribution in [1.29, 1.82) is 0 Å². The highest BCUT2D eigenvalue weighted by atomic mass is 32.2. The van der Waals surface area contributed by atoms with Crippen molar-refractivity contribution < 1.29 is 4.74 Å². The molecule has 0 fully saturated rings. The summed E-state index contributed by atoms with van der Waals surface area (Å²) >= 11 is 1.48. The molecule has 0 aliphatic carbocycles. The van der Waals surface area contributed by atoms with Crippen molar-refractivity contribution in [3.8, 4) is 0 Å². The maximum Gasteiger partial charge on any atom is 0.191 e. The van der Waals surface area contributed by atoms with Crippen molar-refractivity contribution in [2.24, 2.45) is 0 Å². The van der Waals surface area contributed by atoms with E-state index in [4.69, 9.17) is 10.5 Å². The van der Waals surface area contributed by atoms with Crippen LogP contribution in [-0.4, -0.2) is 61.5 Å². The van der Waals surface area contributed by atoms with Crippen LogP contribution in [0.15, 0.2) is 11.2 Å². The van der Waals surface area contributed by atoms with Crippen molar-refractivity contribution in [3.05, 3.63) is 6.07 Å². The van der Waals surface area contributed by atoms with Crippen LogP contribution in [0, 0.1) is 0 Å². The normalized spacial score (nSPS) is 10.9. The van der Waals surface area contributed by atoms with Crippen LogP contribution in [0.4, 0.5) is 11.6 Å². The minimum Gasteiger partial charge on any atom is -0.383 e. The Kier molecular flexibility index (Phi) is 6.77. The number of anilines is 2. The molecule has 0 amide bonds. The quantitative estimate of drug-likeness (QED) is 0.534. The third-order valence-corrected chi connectivity index (χ3v) is 2.93. The van der Waals surface area contributed by atoms with E-state index in [1.54, 1.807) is 13.2 Å². The zero-order valence-corrected chi connectivity index (χ0v) is 12.0. The Morgan fingerprint density at radius 2 is 2.22 bits per heavy atom. The average Bonchev–Trinajstić information content (AvgIpc) is 2.35. The number of thioether (sulfide) groups is 1. The topological polar surface area (TPSA) is 76.3 Å². The number of aromatic nitrogens is 2. The number of likely N-dealkylation sites (N-methyl/N-ethyl adjacent to an activating group) is 1. The van der Waals surface area contributed by atoms with E-state index < -0.39 is 0 Å². The lowest BCUT2D eigenvalue weighted by Gasteiger charge is -2.16. The van der Waals surface area contributed by atoms with Crippen molar-refractivity contribution in [2.75, 3.05) is 57.7 Å². The lowest BCUT2D eigenvalue weighted by Crippen LogP contribution is -2.28. The maximum absolute atomic E-state index is 5.70. The molecule has 0 radical (unpaired) electrons. The van der Waals surface area contributed by atoms with Gasteiger partial charge in [-0.05, 0) is 13.3 Å². The fraction of sp³-hybridized carbons (Fsp3) is 0.636. The highest BCUT2D eigenvalue weighted by molar-refractivity contribution is 7.98. The van der Waals surface area contributed by atoms with Gasteiger partial charge in [0, 0.05) is 32.8 Å². The van der Waals surface area contributed by atoms with E-state index in [2.05, 4.69) is 27.2 Å². The van der Waals surface area contributed by atoms with Crippen molar-refractivity contribution >= 4 is 23.4 Å². The minimum absolute atomic E-state index is 0.490. The Labute approximate surface area is 112 Å². The lowest BCUT2D eigenvalue weighted by atomic mass is 10.4. The van der Waals surface area contributed by atoms with Crippen LogP contribution in [0.1, 0.15) is 0 Å². The van der Waals surface area contributed by atoms with Crippen molar-refractivity contribution in [2.45, 2.75) is 5.16 Å². The molecular formula is C11H21N5OS. The van der Waals surface area contributed by atoms with E-state index in [1.165, 1.54) is 11.8 Å². The number of nitrogens with zero attached hydrogens (tertiary/aromatic N) is 3. The molecule has 102 valence electrons. The van der Waals surface area contributed by atoms with E-state index >= 15 is 0 Å². The molecule has 3 N–H and O–H groups in total. The average molecular weight is 271 g/mol. The summed E-state index contributed by atoms with van der Waals surface area (Å²) in [6.07, 6.45) is 1.93. The van der Waals surface area contributed by atoms with Crippen LogP contribution in [0.5, 0.6) is 0 Å². The van der Waals surface area contributed by atoms with Gasteiger partial charge in [-0.2, -0.15) is 0 Å². The number of hydrogen-bond acceptors (Lipinski definition) is 7. The van der Waals surface area contributed by atoms with Gasteiger partial charge < -0.3 is 20.7 Å². The number of nitrogen functional groups attached to an aromatic ring is 1. The van der Waals surface area contributed by atoms with Crippen LogP contribution in [0.25, 0.3) is 0 Å². The van der Waals surface area contributed by atoms with E-state index in [0.29, 0.717) is 11.0 Å². The van der Waals surface area contributed by atoms with Gasteiger partial charge in [0.25, 0.3) is 0 Å². The standard InChI is InChI=1S/C11H21N5OS/c1-16(6-7-17-2)5-4-13-10-8-9(12)14-11(15-10)18-3/h8H,4-7H2,1-3H3,(H3,12,13,14,15). The summed E-state index contributed by atoms with van der Waals surface area (Å²) in [6.45, 7) is 3.39. The second-order valence-electron chi connectivity index (χ2n) is 3.89. The molecule has 1 aromatic heterocycles. The molecule has 0 spiro atoms. The van der Waals surface area contributed by atoms with E-state index in [1.807, 2.05) is 6.26 Å². The molecule has 0 saturated heterocycles. The lowest BCUT2D eigenvalue weighted by molar-refractivity contribution is 0.163. The van der Waals surface area contributed by atoms with Gasteiger partial charge >= 0.3 is 0 Å². The molecule has 0 atom stereocenters. The minimum atomic E-state index is 0.490. The molecule has 0 saturated carbocycles. The van der Waals surface area contributed by atoms with E-state index in [-0.39, 0.29) is 0 Å². The summed E-state index contributed by atoms with van der Waals surface area (Å²) in [4.78, 5) is 10.6.